The minimum Gasteiger partial charge on any atom is -0.485 e. The van der Waals surface area contributed by atoms with Crippen molar-refractivity contribution in [2.75, 3.05) is 60.6 Å². The van der Waals surface area contributed by atoms with Crippen LogP contribution in [0, 0.1) is 0 Å². The van der Waals surface area contributed by atoms with Crippen LogP contribution in [0.25, 0.3) is 22.3 Å². The van der Waals surface area contributed by atoms with Crippen molar-refractivity contribution in [3.8, 4) is 11.5 Å². The van der Waals surface area contributed by atoms with E-state index < -0.39 is 0 Å². The van der Waals surface area contributed by atoms with Crippen LogP contribution in [0.3, 0.4) is 0 Å². The van der Waals surface area contributed by atoms with Gasteiger partial charge in [0.15, 0.2) is 40.2 Å². The van der Waals surface area contributed by atoms with Gasteiger partial charge in [0.25, 0.3) is 0 Å². The molecule has 19 nitrogen and oxygen atoms in total. The molecule has 0 bridgehead atoms. The van der Waals surface area contributed by atoms with Crippen LogP contribution >= 0.6 is 11.6 Å². The van der Waals surface area contributed by atoms with Gasteiger partial charge in [-0.25, -0.2) is 29.3 Å². The number of aryl methyl sites for hydroxylation is 3. The maximum atomic E-state index is 6.65. The average Bonchev–Trinajstić information content (AvgIpc) is 4.20. The molecule has 13 heterocycles. The third kappa shape index (κ3) is 8.71. The Bertz CT molecular complexity index is 3400. The zero-order chi connectivity index (χ0) is 51.4. The smallest absolute Gasteiger partial charge is 0.183 e. The Balaban J connectivity index is 0.000000118. The molecule has 15 rings (SSSR count). The number of nitrogens with zero attached hydrogens (tertiary/aromatic N) is 13. The second-order valence-electron chi connectivity index (χ2n) is 20.9. The molecule has 0 radical (unpaired) electrons. The first-order valence-corrected chi connectivity index (χ1v) is 27.3. The van der Waals surface area contributed by atoms with E-state index in [1.165, 1.54) is 5.56 Å². The zero-order valence-electron chi connectivity index (χ0n) is 42.8. The van der Waals surface area contributed by atoms with Gasteiger partial charge in [-0.2, -0.15) is 5.10 Å². The monoisotopic (exact) mass is 1040 g/mol. The Morgan fingerprint density at radius 1 is 0.632 bits per heavy atom. The normalized spacial score (nSPS) is 21.9. The highest BCUT2D eigenvalue weighted by Crippen LogP contribution is 2.48. The summed E-state index contributed by atoms with van der Waals surface area (Å²) in [5, 5.41) is 13.4. The number of para-hydroxylation sites is 2. The van der Waals surface area contributed by atoms with E-state index in [0.717, 1.165) is 190 Å². The van der Waals surface area contributed by atoms with Crippen molar-refractivity contribution in [2.24, 2.45) is 18.5 Å². The van der Waals surface area contributed by atoms with Crippen LogP contribution in [0.15, 0.2) is 97.6 Å². The molecule has 3 atom stereocenters. The van der Waals surface area contributed by atoms with E-state index in [2.05, 4.69) is 64.2 Å². The summed E-state index contributed by atoms with van der Waals surface area (Å²) in [6.45, 7) is 6.15. The van der Waals surface area contributed by atoms with Crippen molar-refractivity contribution in [1.29, 1.82) is 0 Å². The van der Waals surface area contributed by atoms with Crippen molar-refractivity contribution in [3.05, 3.63) is 125 Å². The van der Waals surface area contributed by atoms with Gasteiger partial charge in [-0.15, -0.1) is 5.10 Å². The van der Waals surface area contributed by atoms with Gasteiger partial charge in [0.2, 0.25) is 0 Å². The molecular weight excluding hydrogens is 980 g/mol. The van der Waals surface area contributed by atoms with E-state index in [1.54, 1.807) is 6.20 Å². The van der Waals surface area contributed by atoms with Crippen LogP contribution in [0.1, 0.15) is 98.6 Å². The fraction of sp³-hybridized carbons (Fsp3) is 0.429. The van der Waals surface area contributed by atoms with Crippen molar-refractivity contribution in [2.45, 2.75) is 100 Å². The standard InChI is InChI=1S/C26H28N8O.C18H19ClN6O.C12H16N2O/c1-32-24-22(25(31-32)34-13-5-7-18-19(34)8-4-12-28-18)29-16-21(30-24)33-14-10-26(11-15-33)23(27)17-6-2-3-9-20(17)35-26;19-14-11-21-16-17(22-14)25(15-7-1-2-10-26-15)23-18(16)24-9-4-5-12-13(24)6-3-8-20-12;13-11-9-3-1-2-4-10(9)15-12(11)5-7-14-8-6-12/h2-4,6,8-9,12,16,23H,5,7,10-11,13-15,27H2,1H3;3,6,8,11,15H,1-2,4-5,7,9-10H2;1-4,11,14H,5-8,13H2/t23-;;11-/m1.1/s1. The fourth-order valence-corrected chi connectivity index (χ4v) is 12.4. The minimum absolute atomic E-state index is 0.0378. The number of ether oxygens (including phenoxy) is 3. The summed E-state index contributed by atoms with van der Waals surface area (Å²) >= 11 is 6.13. The fourth-order valence-electron chi connectivity index (χ4n) is 12.3. The second-order valence-corrected chi connectivity index (χ2v) is 21.2. The molecule has 7 aliphatic rings. The molecule has 0 aliphatic carbocycles. The largest absolute Gasteiger partial charge is 0.485 e. The number of nitrogens with two attached hydrogens (primary N) is 2. The maximum absolute atomic E-state index is 6.65. The number of halogens is 1. The molecular formula is C56H63ClN16O3. The summed E-state index contributed by atoms with van der Waals surface area (Å²) in [5.74, 6) is 4.41. The molecule has 20 heteroatoms. The number of nitrogens with one attached hydrogen (secondary N) is 1. The van der Waals surface area contributed by atoms with Crippen LogP contribution in [0.4, 0.5) is 28.8 Å². The Kier molecular flexibility index (Phi) is 12.9. The number of piperidine rings is 2. The first-order valence-electron chi connectivity index (χ1n) is 26.9. The van der Waals surface area contributed by atoms with Crippen LogP contribution in [-0.4, -0.2) is 107 Å². The highest BCUT2D eigenvalue weighted by molar-refractivity contribution is 6.29. The predicted octanol–water partition coefficient (Wildman–Crippen LogP) is 8.13. The van der Waals surface area contributed by atoms with E-state index in [9.17, 15) is 0 Å². The third-order valence-corrected chi connectivity index (χ3v) is 16.5. The number of aromatic nitrogens is 10. The van der Waals surface area contributed by atoms with E-state index in [0.29, 0.717) is 10.8 Å². The molecule has 1 unspecified atom stereocenters. The third-order valence-electron chi connectivity index (χ3n) is 16.4. The van der Waals surface area contributed by atoms with Crippen molar-refractivity contribution >= 4 is 62.8 Å². The van der Waals surface area contributed by atoms with Gasteiger partial charge in [0.05, 0.1) is 47.2 Å². The van der Waals surface area contributed by atoms with Crippen LogP contribution in [0.5, 0.6) is 11.5 Å². The van der Waals surface area contributed by atoms with Crippen molar-refractivity contribution < 1.29 is 14.2 Å². The summed E-state index contributed by atoms with van der Waals surface area (Å²) in [5.41, 5.74) is 22.2. The summed E-state index contributed by atoms with van der Waals surface area (Å²) in [6, 6.07) is 24.4. The van der Waals surface area contributed by atoms with Gasteiger partial charge in [-0.05, 0) is 94.4 Å². The second kappa shape index (κ2) is 20.2. The lowest BCUT2D eigenvalue weighted by molar-refractivity contribution is -0.0368. The van der Waals surface area contributed by atoms with Crippen LogP contribution in [-0.2, 0) is 24.6 Å². The molecule has 5 N–H and O–H groups in total. The van der Waals surface area contributed by atoms with Gasteiger partial charge in [0.1, 0.15) is 33.7 Å². The molecule has 392 valence electrons. The van der Waals surface area contributed by atoms with Gasteiger partial charge in [-0.1, -0.05) is 48.0 Å². The summed E-state index contributed by atoms with van der Waals surface area (Å²) in [7, 11) is 1.94. The van der Waals surface area contributed by atoms with Crippen LogP contribution < -0.4 is 41.0 Å². The van der Waals surface area contributed by atoms with Crippen LogP contribution in [0.2, 0.25) is 5.15 Å². The van der Waals surface area contributed by atoms with E-state index >= 15 is 0 Å². The SMILES string of the molecule is Clc1cnc2c(N3CCCc4ncccc43)nn(C3CCCCO3)c2n1.Cn1nc(N2CCCc3ncccc32)c2ncc(N3CCC4(CC3)Oc3ccccc3[C@H]4N)nc21.N[C@@H]1c2ccccc2OC12CCNCC2. The lowest BCUT2D eigenvalue weighted by atomic mass is 9.83. The highest BCUT2D eigenvalue weighted by atomic mass is 35.5. The van der Waals surface area contributed by atoms with E-state index in [-0.39, 0.29) is 29.5 Å². The molecule has 0 saturated carbocycles. The van der Waals surface area contributed by atoms with Crippen molar-refractivity contribution in [1.82, 2.24) is 54.8 Å². The van der Waals surface area contributed by atoms with E-state index in [1.807, 2.05) is 83.5 Å². The molecule has 2 spiro atoms. The predicted molar refractivity (Wildman–Crippen MR) is 292 cm³/mol. The summed E-state index contributed by atoms with van der Waals surface area (Å²) in [4.78, 5) is 34.7. The van der Waals surface area contributed by atoms with E-state index in [4.69, 9.17) is 57.4 Å². The number of hydrogen-bond acceptors (Lipinski definition) is 17. The zero-order valence-corrected chi connectivity index (χ0v) is 43.5. The number of hydrogen-bond donors (Lipinski definition) is 3. The molecule has 76 heavy (non-hydrogen) atoms. The van der Waals surface area contributed by atoms with Gasteiger partial charge < -0.3 is 45.7 Å². The van der Waals surface area contributed by atoms with Gasteiger partial charge in [0, 0.05) is 89.0 Å². The van der Waals surface area contributed by atoms with Crippen molar-refractivity contribution in [3.63, 3.8) is 0 Å². The number of rotatable bonds is 4. The quantitative estimate of drug-likeness (QED) is 0.152. The Hall–Kier alpha value is -7.03. The highest BCUT2D eigenvalue weighted by Gasteiger charge is 2.49. The molecule has 2 aromatic carbocycles. The molecule has 3 fully saturated rings. The summed E-state index contributed by atoms with van der Waals surface area (Å²) in [6.07, 6.45) is 17.9. The lowest BCUT2D eigenvalue weighted by Gasteiger charge is -2.41. The minimum atomic E-state index is -0.340. The number of anilines is 5. The molecule has 0 amide bonds. The first kappa shape index (κ1) is 48.6. The number of benzene rings is 2. The Morgan fingerprint density at radius 3 is 1.84 bits per heavy atom. The van der Waals surface area contributed by atoms with Gasteiger partial charge >= 0.3 is 0 Å². The Labute approximate surface area is 445 Å². The molecule has 8 aromatic rings. The Morgan fingerprint density at radius 2 is 1.22 bits per heavy atom. The maximum Gasteiger partial charge on any atom is 0.183 e. The number of pyridine rings is 2. The molecule has 7 aliphatic heterocycles. The number of fused-ring (bicyclic) bond motifs is 6. The lowest BCUT2D eigenvalue weighted by Crippen LogP contribution is -2.51. The first-order chi connectivity index (χ1) is 37.3. The summed E-state index contributed by atoms with van der Waals surface area (Å²) < 4.78 is 22.1. The molecule has 6 aromatic heterocycles. The average molecular weight is 1040 g/mol. The molecule has 3 saturated heterocycles. The van der Waals surface area contributed by atoms with Gasteiger partial charge in [-0.3, -0.25) is 9.97 Å². The topological polar surface area (TPSA) is 214 Å².